The summed E-state index contributed by atoms with van der Waals surface area (Å²) in [6, 6.07) is 4.94. The van der Waals surface area contributed by atoms with Gasteiger partial charge in [-0.1, -0.05) is 0 Å². The van der Waals surface area contributed by atoms with Gasteiger partial charge in [-0.15, -0.1) is 0 Å². The molecule has 1 atom stereocenters. The maximum Gasteiger partial charge on any atom is 0.254 e. The first-order valence-corrected chi connectivity index (χ1v) is 8.15. The van der Waals surface area contributed by atoms with Gasteiger partial charge < -0.3 is 9.64 Å². The summed E-state index contributed by atoms with van der Waals surface area (Å²) >= 11 is 0. The summed E-state index contributed by atoms with van der Waals surface area (Å²) in [5, 5.41) is 0. The van der Waals surface area contributed by atoms with Crippen LogP contribution in [-0.4, -0.2) is 40.0 Å². The summed E-state index contributed by atoms with van der Waals surface area (Å²) in [5.41, 5.74) is 0.946. The number of aromatic nitrogens is 2. The molecule has 0 N–H and O–H groups in total. The quantitative estimate of drug-likeness (QED) is 0.856. The predicted octanol–water partition coefficient (Wildman–Crippen LogP) is 3.06. The van der Waals surface area contributed by atoms with Crippen molar-refractivity contribution in [1.82, 2.24) is 14.9 Å². The highest BCUT2D eigenvalue weighted by Crippen LogP contribution is 2.20. The molecule has 0 bridgehead atoms. The zero-order valence-corrected chi connectivity index (χ0v) is 14.1. The van der Waals surface area contributed by atoms with E-state index >= 15 is 0 Å². The van der Waals surface area contributed by atoms with Crippen LogP contribution in [0.15, 0.2) is 24.3 Å². The van der Waals surface area contributed by atoms with E-state index in [4.69, 9.17) is 4.74 Å². The van der Waals surface area contributed by atoms with Crippen LogP contribution in [0.5, 0.6) is 5.88 Å². The largest absolute Gasteiger partial charge is 0.472 e. The van der Waals surface area contributed by atoms with Gasteiger partial charge in [-0.05, 0) is 44.9 Å². The van der Waals surface area contributed by atoms with E-state index in [2.05, 4.69) is 9.97 Å². The number of halogens is 2. The average Bonchev–Trinajstić information content (AvgIpc) is 2.56. The fourth-order valence-electron chi connectivity index (χ4n) is 2.94. The molecule has 7 heteroatoms. The van der Waals surface area contributed by atoms with E-state index in [-0.39, 0.29) is 17.6 Å². The fourth-order valence-corrected chi connectivity index (χ4v) is 2.94. The number of nitrogens with zero attached hydrogens (tertiary/aromatic N) is 3. The van der Waals surface area contributed by atoms with Crippen molar-refractivity contribution in [1.29, 1.82) is 0 Å². The van der Waals surface area contributed by atoms with E-state index in [0.717, 1.165) is 30.7 Å². The van der Waals surface area contributed by atoms with Crippen LogP contribution < -0.4 is 4.74 Å². The van der Waals surface area contributed by atoms with Crippen LogP contribution in [0.1, 0.15) is 34.7 Å². The smallest absolute Gasteiger partial charge is 0.254 e. The van der Waals surface area contributed by atoms with Crippen molar-refractivity contribution < 1.29 is 18.3 Å². The summed E-state index contributed by atoms with van der Waals surface area (Å²) in [4.78, 5) is 22.6. The van der Waals surface area contributed by atoms with Crippen LogP contribution in [0, 0.1) is 25.5 Å². The van der Waals surface area contributed by atoms with Gasteiger partial charge in [-0.3, -0.25) is 4.79 Å². The molecule has 1 saturated heterocycles. The first-order valence-electron chi connectivity index (χ1n) is 8.15. The molecule has 1 fully saturated rings. The van der Waals surface area contributed by atoms with Gasteiger partial charge in [-0.25, -0.2) is 13.8 Å². The van der Waals surface area contributed by atoms with Gasteiger partial charge in [0.1, 0.15) is 11.9 Å². The summed E-state index contributed by atoms with van der Waals surface area (Å²) in [7, 11) is 0. The summed E-state index contributed by atoms with van der Waals surface area (Å²) < 4.78 is 32.3. The molecule has 3 rings (SSSR count). The third-order valence-corrected chi connectivity index (χ3v) is 4.06. The zero-order chi connectivity index (χ0) is 18.0. The van der Waals surface area contributed by atoms with Gasteiger partial charge in [0, 0.05) is 23.9 Å². The van der Waals surface area contributed by atoms with Crippen LogP contribution in [0.25, 0.3) is 0 Å². The number of rotatable bonds is 3. The number of piperidine rings is 1. The van der Waals surface area contributed by atoms with Crippen LogP contribution >= 0.6 is 0 Å². The van der Waals surface area contributed by atoms with Gasteiger partial charge in [0.05, 0.1) is 6.54 Å². The molecule has 1 unspecified atom stereocenters. The van der Waals surface area contributed by atoms with E-state index < -0.39 is 11.6 Å². The molecule has 2 aromatic rings. The van der Waals surface area contributed by atoms with E-state index in [1.165, 1.54) is 6.07 Å². The lowest BCUT2D eigenvalue weighted by molar-refractivity contribution is 0.0526. The Hall–Kier alpha value is -2.57. The Morgan fingerprint density at radius 3 is 2.72 bits per heavy atom. The standard InChI is InChI=1S/C18H19F2N3O2/c1-11-8-17(22-12(2)21-11)25-14-4-3-7-23(10-14)18(24)13-5-6-15(19)16(20)9-13/h5-6,8-9,14H,3-4,7,10H2,1-2H3. The molecule has 1 aliphatic rings. The molecule has 5 nitrogen and oxygen atoms in total. The van der Waals surface area contributed by atoms with E-state index in [1.807, 2.05) is 6.92 Å². The minimum Gasteiger partial charge on any atom is -0.472 e. The number of hydrogen-bond donors (Lipinski definition) is 0. The van der Waals surface area contributed by atoms with Crippen molar-refractivity contribution in [3.63, 3.8) is 0 Å². The molecule has 1 aliphatic heterocycles. The number of amides is 1. The van der Waals surface area contributed by atoms with Crippen molar-refractivity contribution in [3.8, 4) is 5.88 Å². The SMILES string of the molecule is Cc1cc(OC2CCCN(C(=O)c3ccc(F)c(F)c3)C2)nc(C)n1. The number of ether oxygens (including phenoxy) is 1. The molecule has 0 aliphatic carbocycles. The monoisotopic (exact) mass is 347 g/mol. The first-order chi connectivity index (χ1) is 11.9. The molecule has 0 saturated carbocycles. The normalized spacial score (nSPS) is 17.4. The molecule has 132 valence electrons. The number of hydrogen-bond acceptors (Lipinski definition) is 4. The number of carbonyl (C=O) groups excluding carboxylic acids is 1. The van der Waals surface area contributed by atoms with E-state index in [9.17, 15) is 13.6 Å². The van der Waals surface area contributed by atoms with Crippen molar-refractivity contribution in [2.75, 3.05) is 13.1 Å². The third kappa shape index (κ3) is 4.10. The third-order valence-electron chi connectivity index (χ3n) is 4.06. The Morgan fingerprint density at radius 2 is 2.00 bits per heavy atom. The topological polar surface area (TPSA) is 55.3 Å². The van der Waals surface area contributed by atoms with E-state index in [0.29, 0.717) is 24.8 Å². The summed E-state index contributed by atoms with van der Waals surface area (Å²) in [6.07, 6.45) is 1.36. The van der Waals surface area contributed by atoms with Crippen molar-refractivity contribution in [3.05, 3.63) is 53.0 Å². The van der Waals surface area contributed by atoms with Crippen LogP contribution in [-0.2, 0) is 0 Å². The van der Waals surface area contributed by atoms with Crippen molar-refractivity contribution in [2.45, 2.75) is 32.8 Å². The molecule has 1 aromatic carbocycles. The zero-order valence-electron chi connectivity index (χ0n) is 14.1. The fraction of sp³-hybridized carbons (Fsp3) is 0.389. The predicted molar refractivity (Wildman–Crippen MR) is 87.4 cm³/mol. The Kier molecular flexibility index (Phi) is 4.92. The highest BCUT2D eigenvalue weighted by atomic mass is 19.2. The lowest BCUT2D eigenvalue weighted by atomic mass is 10.1. The maximum absolute atomic E-state index is 13.4. The lowest BCUT2D eigenvalue weighted by Gasteiger charge is -2.32. The van der Waals surface area contributed by atoms with Crippen LogP contribution in [0.2, 0.25) is 0 Å². The minimum atomic E-state index is -1.03. The van der Waals surface area contributed by atoms with Gasteiger partial charge >= 0.3 is 0 Å². The highest BCUT2D eigenvalue weighted by Gasteiger charge is 2.26. The summed E-state index contributed by atoms with van der Waals surface area (Å²) in [6.45, 7) is 4.58. The Morgan fingerprint density at radius 1 is 1.20 bits per heavy atom. The van der Waals surface area contributed by atoms with Crippen LogP contribution in [0.4, 0.5) is 8.78 Å². The Labute approximate surface area is 144 Å². The molecular formula is C18H19F2N3O2. The van der Waals surface area contributed by atoms with E-state index in [1.54, 1.807) is 17.9 Å². The van der Waals surface area contributed by atoms with Gasteiger partial charge in [0.2, 0.25) is 5.88 Å². The van der Waals surface area contributed by atoms with Crippen molar-refractivity contribution in [2.24, 2.45) is 0 Å². The number of carbonyl (C=O) groups is 1. The molecule has 2 heterocycles. The molecule has 0 spiro atoms. The average molecular weight is 347 g/mol. The van der Waals surface area contributed by atoms with Crippen molar-refractivity contribution >= 4 is 5.91 Å². The Balaban J connectivity index is 1.69. The Bertz CT molecular complexity index is 778. The second-order valence-electron chi connectivity index (χ2n) is 6.16. The highest BCUT2D eigenvalue weighted by molar-refractivity contribution is 5.94. The first kappa shape index (κ1) is 17.3. The van der Waals surface area contributed by atoms with Gasteiger partial charge in [0.15, 0.2) is 11.6 Å². The molecule has 0 radical (unpaired) electrons. The number of aryl methyl sites for hydroxylation is 2. The molecule has 1 amide bonds. The number of benzene rings is 1. The number of likely N-dealkylation sites (tertiary alicyclic amines) is 1. The maximum atomic E-state index is 13.4. The lowest BCUT2D eigenvalue weighted by Crippen LogP contribution is -2.44. The minimum absolute atomic E-state index is 0.133. The van der Waals surface area contributed by atoms with Gasteiger partial charge in [0.25, 0.3) is 5.91 Å². The molecule has 1 aromatic heterocycles. The molecule has 25 heavy (non-hydrogen) atoms. The second-order valence-corrected chi connectivity index (χ2v) is 6.16. The second kappa shape index (κ2) is 7.13. The summed E-state index contributed by atoms with van der Waals surface area (Å²) in [5.74, 6) is -1.21. The van der Waals surface area contributed by atoms with Gasteiger partial charge in [-0.2, -0.15) is 4.98 Å². The van der Waals surface area contributed by atoms with Crippen LogP contribution in [0.3, 0.4) is 0 Å². The molecular weight excluding hydrogens is 328 g/mol.